The summed E-state index contributed by atoms with van der Waals surface area (Å²) in [6, 6.07) is 7.45. The maximum Gasteiger partial charge on any atom is 0.417 e. The van der Waals surface area contributed by atoms with Crippen LogP contribution >= 0.6 is 0 Å². The zero-order chi connectivity index (χ0) is 20.8. The molecule has 4 rings (SSSR count). The van der Waals surface area contributed by atoms with Crippen molar-refractivity contribution in [2.24, 2.45) is 0 Å². The number of hydrogen-bond acceptors (Lipinski definition) is 4. The molecule has 1 aliphatic heterocycles. The van der Waals surface area contributed by atoms with Gasteiger partial charge in [0.15, 0.2) is 5.58 Å². The smallest absolute Gasteiger partial charge is 0.417 e. The lowest BCUT2D eigenvalue weighted by atomic mass is 10.0. The number of alkyl halides is 3. The maximum absolute atomic E-state index is 13.3. The quantitative estimate of drug-likeness (QED) is 0.644. The van der Waals surface area contributed by atoms with E-state index in [4.69, 9.17) is 4.42 Å². The topological polar surface area (TPSA) is 58.4 Å². The summed E-state index contributed by atoms with van der Waals surface area (Å²) in [5, 5.41) is 3.03. The Morgan fingerprint density at radius 1 is 1.24 bits per heavy atom. The number of amides is 1. The van der Waals surface area contributed by atoms with Crippen molar-refractivity contribution in [3.8, 4) is 0 Å². The van der Waals surface area contributed by atoms with Crippen LogP contribution in [0.2, 0.25) is 0 Å². The Balaban J connectivity index is 1.49. The molecule has 5 nitrogen and oxygen atoms in total. The summed E-state index contributed by atoms with van der Waals surface area (Å²) < 4.78 is 58.6. The van der Waals surface area contributed by atoms with Crippen LogP contribution in [0.25, 0.3) is 11.1 Å². The van der Waals surface area contributed by atoms with Crippen molar-refractivity contribution >= 4 is 23.0 Å². The van der Waals surface area contributed by atoms with E-state index in [2.05, 4.69) is 10.3 Å². The number of carbonyl (C=O) groups is 1. The molecule has 3 aromatic rings. The van der Waals surface area contributed by atoms with Gasteiger partial charge in [-0.05, 0) is 37.6 Å². The molecule has 0 radical (unpaired) electrons. The van der Waals surface area contributed by atoms with Gasteiger partial charge in [0, 0.05) is 25.2 Å². The Morgan fingerprint density at radius 3 is 2.79 bits per heavy atom. The Hall–Kier alpha value is -3.10. The van der Waals surface area contributed by atoms with Gasteiger partial charge in [0.1, 0.15) is 11.3 Å². The second-order valence-corrected chi connectivity index (χ2v) is 7.06. The van der Waals surface area contributed by atoms with E-state index in [0.29, 0.717) is 24.0 Å². The summed E-state index contributed by atoms with van der Waals surface area (Å²) in [5.74, 6) is -1.11. The predicted molar refractivity (Wildman–Crippen MR) is 98.1 cm³/mol. The first kappa shape index (κ1) is 19.2. The number of rotatable bonds is 3. The summed E-state index contributed by atoms with van der Waals surface area (Å²) in [6.45, 7) is 2.15. The summed E-state index contributed by atoms with van der Waals surface area (Å²) in [6.07, 6.45) is -4.09. The first-order valence-corrected chi connectivity index (χ1v) is 9.00. The van der Waals surface area contributed by atoms with E-state index in [-0.39, 0.29) is 29.7 Å². The number of aromatic nitrogens is 1. The molecule has 0 aliphatic carbocycles. The van der Waals surface area contributed by atoms with Crippen molar-refractivity contribution in [1.29, 1.82) is 0 Å². The second-order valence-electron chi connectivity index (χ2n) is 7.06. The third kappa shape index (κ3) is 3.90. The summed E-state index contributed by atoms with van der Waals surface area (Å²) in [4.78, 5) is 18.3. The zero-order valence-electron chi connectivity index (χ0n) is 15.4. The van der Waals surface area contributed by atoms with Crippen molar-refractivity contribution < 1.29 is 26.8 Å². The second kappa shape index (κ2) is 7.06. The highest BCUT2D eigenvalue weighted by molar-refractivity contribution is 5.96. The Labute approximate surface area is 163 Å². The summed E-state index contributed by atoms with van der Waals surface area (Å²) in [5.41, 5.74) is 0.0531. The van der Waals surface area contributed by atoms with Crippen LogP contribution in [0.15, 0.2) is 40.8 Å². The largest absolute Gasteiger partial charge is 0.423 e. The van der Waals surface area contributed by atoms with Crippen LogP contribution in [0.3, 0.4) is 0 Å². The van der Waals surface area contributed by atoms with Gasteiger partial charge in [-0.15, -0.1) is 0 Å². The maximum atomic E-state index is 13.3. The third-order valence-electron chi connectivity index (χ3n) is 4.86. The highest BCUT2D eigenvalue weighted by Crippen LogP contribution is 2.33. The van der Waals surface area contributed by atoms with Crippen molar-refractivity contribution in [2.75, 3.05) is 18.4 Å². The van der Waals surface area contributed by atoms with E-state index in [0.717, 1.165) is 6.07 Å². The number of benzene rings is 2. The lowest BCUT2D eigenvalue weighted by molar-refractivity contribution is -0.138. The first-order chi connectivity index (χ1) is 13.7. The van der Waals surface area contributed by atoms with Crippen LogP contribution < -0.4 is 5.32 Å². The number of anilines is 1. The molecular formula is C20H17F4N3O2. The van der Waals surface area contributed by atoms with Gasteiger partial charge in [0.25, 0.3) is 11.9 Å². The predicted octanol–water partition coefficient (Wildman–Crippen LogP) is 4.62. The average Bonchev–Trinajstić information content (AvgIpc) is 3.26. The number of oxazole rings is 1. The number of hydrogen-bond donors (Lipinski definition) is 1. The van der Waals surface area contributed by atoms with Gasteiger partial charge in [0.05, 0.1) is 11.1 Å². The van der Waals surface area contributed by atoms with Gasteiger partial charge in [-0.3, -0.25) is 4.79 Å². The number of fused-ring (bicyclic) bond motifs is 1. The number of likely N-dealkylation sites (tertiary alicyclic amines) is 1. The number of nitrogens with one attached hydrogen (secondary N) is 1. The van der Waals surface area contributed by atoms with Crippen molar-refractivity contribution in [3.63, 3.8) is 0 Å². The molecule has 0 spiro atoms. The molecule has 1 N–H and O–H groups in total. The highest BCUT2D eigenvalue weighted by atomic mass is 19.4. The van der Waals surface area contributed by atoms with E-state index >= 15 is 0 Å². The van der Waals surface area contributed by atoms with Crippen LogP contribution in [0.5, 0.6) is 0 Å². The Morgan fingerprint density at radius 2 is 2.03 bits per heavy atom. The van der Waals surface area contributed by atoms with Crippen LogP contribution in [0.1, 0.15) is 27.9 Å². The number of nitrogens with zero attached hydrogens (tertiary/aromatic N) is 2. The van der Waals surface area contributed by atoms with E-state index in [9.17, 15) is 22.4 Å². The fourth-order valence-corrected chi connectivity index (χ4v) is 3.45. The van der Waals surface area contributed by atoms with Crippen LogP contribution in [-0.4, -0.2) is 34.9 Å². The molecule has 29 heavy (non-hydrogen) atoms. The monoisotopic (exact) mass is 407 g/mol. The molecule has 1 aromatic heterocycles. The van der Waals surface area contributed by atoms with E-state index in [1.165, 1.54) is 35.2 Å². The molecule has 0 unspecified atom stereocenters. The number of carbonyl (C=O) groups excluding carboxylic acids is 1. The van der Waals surface area contributed by atoms with Crippen LogP contribution in [-0.2, 0) is 6.18 Å². The number of halogens is 4. The van der Waals surface area contributed by atoms with Crippen molar-refractivity contribution in [2.45, 2.75) is 25.6 Å². The van der Waals surface area contributed by atoms with Crippen molar-refractivity contribution in [3.05, 3.63) is 58.9 Å². The molecule has 9 heteroatoms. The summed E-state index contributed by atoms with van der Waals surface area (Å²) in [7, 11) is 0. The van der Waals surface area contributed by atoms with Crippen molar-refractivity contribution in [1.82, 2.24) is 9.88 Å². The molecular weight excluding hydrogens is 390 g/mol. The van der Waals surface area contributed by atoms with Crippen LogP contribution in [0, 0.1) is 12.7 Å². The van der Waals surface area contributed by atoms with Crippen LogP contribution in [0.4, 0.5) is 23.6 Å². The minimum atomic E-state index is -4.61. The minimum absolute atomic E-state index is 0.177. The Bertz CT molecular complexity index is 1080. The number of aryl methyl sites for hydroxylation is 1. The van der Waals surface area contributed by atoms with E-state index in [1.54, 1.807) is 6.92 Å². The molecule has 0 saturated carbocycles. The standard InChI is InChI=1S/C20H17F4N3O2/c1-11-2-4-15(20(22,23)24)14(8-11)18(28)27-7-6-13(10-27)25-19-26-16-5-3-12(21)9-17(16)29-19/h2-5,8-9,13H,6-7,10H2,1H3,(H,25,26)/t13-/m1/s1. The SMILES string of the molecule is Cc1ccc(C(F)(F)F)c(C(=O)N2CC[C@@H](Nc3nc4ccc(F)cc4o3)C2)c1. The molecule has 2 heterocycles. The highest BCUT2D eigenvalue weighted by Gasteiger charge is 2.37. The average molecular weight is 407 g/mol. The Kier molecular flexibility index (Phi) is 4.68. The molecule has 2 aromatic carbocycles. The fourth-order valence-electron chi connectivity index (χ4n) is 3.45. The molecule has 1 aliphatic rings. The molecule has 1 amide bonds. The third-order valence-corrected chi connectivity index (χ3v) is 4.86. The minimum Gasteiger partial charge on any atom is -0.423 e. The van der Waals surface area contributed by atoms with E-state index < -0.39 is 23.5 Å². The van der Waals surface area contributed by atoms with Gasteiger partial charge in [0.2, 0.25) is 0 Å². The van der Waals surface area contributed by atoms with E-state index in [1.807, 2.05) is 0 Å². The van der Waals surface area contributed by atoms with Gasteiger partial charge in [-0.2, -0.15) is 18.2 Å². The normalized spacial score (nSPS) is 17.1. The lowest BCUT2D eigenvalue weighted by Crippen LogP contribution is -2.33. The first-order valence-electron chi connectivity index (χ1n) is 9.00. The van der Waals surface area contributed by atoms with Gasteiger partial charge < -0.3 is 14.6 Å². The molecule has 1 fully saturated rings. The summed E-state index contributed by atoms with van der Waals surface area (Å²) >= 11 is 0. The molecule has 1 atom stereocenters. The molecule has 0 bridgehead atoms. The zero-order valence-corrected chi connectivity index (χ0v) is 15.4. The molecule has 1 saturated heterocycles. The van der Waals surface area contributed by atoms with Gasteiger partial charge in [-0.1, -0.05) is 11.6 Å². The molecule has 152 valence electrons. The lowest BCUT2D eigenvalue weighted by Gasteiger charge is -2.20. The van der Waals surface area contributed by atoms with Gasteiger partial charge >= 0.3 is 6.18 Å². The fraction of sp³-hybridized carbons (Fsp3) is 0.300. The van der Waals surface area contributed by atoms with Gasteiger partial charge in [-0.25, -0.2) is 4.39 Å².